The molecule has 0 rings (SSSR count). The first-order chi connectivity index (χ1) is 14.0. The Labute approximate surface area is 184 Å². The molecule has 0 aliphatic heterocycles. The van der Waals surface area contributed by atoms with E-state index in [0.717, 1.165) is 0 Å². The minimum absolute atomic E-state index is 0.00481. The lowest BCUT2D eigenvalue weighted by Gasteiger charge is -2.41. The average molecular weight is 468 g/mol. The van der Waals surface area contributed by atoms with E-state index in [1.54, 1.807) is 13.8 Å². The van der Waals surface area contributed by atoms with Crippen LogP contribution in [0.3, 0.4) is 0 Å². The molecular weight excluding hydrogens is 430 g/mol. The van der Waals surface area contributed by atoms with Crippen LogP contribution in [-0.2, 0) is 33.4 Å². The minimum Gasteiger partial charge on any atom is -0.479 e. The van der Waals surface area contributed by atoms with Gasteiger partial charge in [-0.1, -0.05) is 41.5 Å². The number of carboxylic acids is 1. The second kappa shape index (κ2) is 12.4. The van der Waals surface area contributed by atoms with E-state index in [0.29, 0.717) is 0 Å². The second-order valence-corrected chi connectivity index (χ2v) is 10.7. The van der Waals surface area contributed by atoms with E-state index in [2.05, 4.69) is 5.32 Å². The Hall–Kier alpha value is -1.72. The Kier molecular flexibility index (Phi) is 11.7. The van der Waals surface area contributed by atoms with Gasteiger partial charge >= 0.3 is 11.9 Å². The molecule has 10 nitrogen and oxygen atoms in total. The van der Waals surface area contributed by atoms with E-state index >= 15 is 0 Å². The van der Waals surface area contributed by atoms with Gasteiger partial charge in [0.05, 0.1) is 5.75 Å². The van der Waals surface area contributed by atoms with Crippen molar-refractivity contribution in [3.63, 3.8) is 0 Å². The first-order valence-electron chi connectivity index (χ1n) is 10.3. The number of carboxylic acid groups (broad SMARTS) is 1. The highest BCUT2D eigenvalue weighted by Gasteiger charge is 2.49. The molecule has 31 heavy (non-hydrogen) atoms. The molecule has 1 amide bonds. The van der Waals surface area contributed by atoms with Gasteiger partial charge < -0.3 is 20.3 Å². The van der Waals surface area contributed by atoms with Gasteiger partial charge in [0.2, 0.25) is 5.91 Å². The average Bonchev–Trinajstić information content (AvgIpc) is 2.59. The number of amides is 1. The second-order valence-electron chi connectivity index (χ2n) is 8.97. The summed E-state index contributed by atoms with van der Waals surface area (Å²) in [6.07, 6.45) is -4.41. The molecular formula is C20H37NO9S. The van der Waals surface area contributed by atoms with Crippen molar-refractivity contribution in [2.24, 2.45) is 17.3 Å². The van der Waals surface area contributed by atoms with Gasteiger partial charge in [-0.05, 0) is 18.3 Å². The molecule has 0 aliphatic rings. The Bertz CT molecular complexity index is 716. The number of carbonyl (C=O) groups is 3. The smallest absolute Gasteiger partial charge is 0.333 e. The summed E-state index contributed by atoms with van der Waals surface area (Å²) in [4.78, 5) is 34.7. The van der Waals surface area contributed by atoms with Crippen molar-refractivity contribution >= 4 is 28.0 Å². The van der Waals surface area contributed by atoms with E-state index < -0.39 is 57.5 Å². The first-order valence-corrected chi connectivity index (χ1v) is 11.8. The Balaban J connectivity index is 5.88. The third-order valence-electron chi connectivity index (χ3n) is 4.67. The number of esters is 1. The lowest BCUT2D eigenvalue weighted by atomic mass is 9.76. The molecule has 0 radical (unpaired) electrons. The molecule has 0 heterocycles. The maximum atomic E-state index is 12.6. The number of aliphatic hydroxyl groups excluding tert-OH is 1. The minimum atomic E-state index is -4.21. The number of aliphatic carboxylic acids is 1. The molecule has 0 aromatic rings. The monoisotopic (exact) mass is 467 g/mol. The summed E-state index contributed by atoms with van der Waals surface area (Å²) in [6.45, 7) is 11.1. The summed E-state index contributed by atoms with van der Waals surface area (Å²) >= 11 is 0. The molecule has 0 bridgehead atoms. The quantitative estimate of drug-likeness (QED) is 0.195. The van der Waals surface area contributed by atoms with Crippen molar-refractivity contribution in [1.29, 1.82) is 0 Å². The largest absolute Gasteiger partial charge is 0.479 e. The summed E-state index contributed by atoms with van der Waals surface area (Å²) in [6, 6.07) is 0. The zero-order valence-corrected chi connectivity index (χ0v) is 20.2. The fourth-order valence-electron chi connectivity index (χ4n) is 2.88. The van der Waals surface area contributed by atoms with Crippen LogP contribution in [0.2, 0.25) is 0 Å². The molecule has 3 atom stereocenters. The number of nitrogens with one attached hydrogen (secondary N) is 1. The zero-order valence-electron chi connectivity index (χ0n) is 19.4. The van der Waals surface area contributed by atoms with E-state index in [4.69, 9.17) is 8.92 Å². The molecule has 0 saturated heterocycles. The Morgan fingerprint density at radius 1 is 1.10 bits per heavy atom. The van der Waals surface area contributed by atoms with Gasteiger partial charge in [0.1, 0.15) is 12.2 Å². The van der Waals surface area contributed by atoms with Gasteiger partial charge in [0, 0.05) is 25.3 Å². The van der Waals surface area contributed by atoms with Crippen LogP contribution in [0.5, 0.6) is 0 Å². The molecule has 182 valence electrons. The zero-order chi connectivity index (χ0) is 24.6. The van der Waals surface area contributed by atoms with Crippen LogP contribution < -0.4 is 5.32 Å². The lowest BCUT2D eigenvalue weighted by Crippen LogP contribution is -2.54. The van der Waals surface area contributed by atoms with Gasteiger partial charge in [0.25, 0.3) is 10.1 Å². The summed E-state index contributed by atoms with van der Waals surface area (Å²) in [7, 11) is -4.21. The topological polar surface area (TPSA) is 156 Å². The van der Waals surface area contributed by atoms with Crippen molar-refractivity contribution in [3.05, 3.63) is 0 Å². The van der Waals surface area contributed by atoms with Crippen LogP contribution in [0.25, 0.3) is 0 Å². The summed E-state index contributed by atoms with van der Waals surface area (Å²) < 4.78 is 36.1. The highest BCUT2D eigenvalue weighted by molar-refractivity contribution is 7.86. The molecule has 3 N–H and O–H groups in total. The van der Waals surface area contributed by atoms with Crippen molar-refractivity contribution in [2.45, 2.75) is 79.6 Å². The van der Waals surface area contributed by atoms with Gasteiger partial charge in [0.15, 0.2) is 6.10 Å². The van der Waals surface area contributed by atoms with Gasteiger partial charge in [-0.2, -0.15) is 8.42 Å². The van der Waals surface area contributed by atoms with Crippen LogP contribution in [-0.4, -0.2) is 67.1 Å². The molecule has 0 aromatic heterocycles. The van der Waals surface area contributed by atoms with Gasteiger partial charge in [-0.15, -0.1) is 0 Å². The molecule has 0 aromatic carbocycles. The number of rotatable bonds is 14. The highest BCUT2D eigenvalue weighted by atomic mass is 32.2. The highest BCUT2D eigenvalue weighted by Crippen LogP contribution is 2.35. The molecule has 2 unspecified atom stereocenters. The maximum Gasteiger partial charge on any atom is 0.333 e. The maximum absolute atomic E-state index is 12.6. The van der Waals surface area contributed by atoms with Crippen molar-refractivity contribution in [1.82, 2.24) is 5.32 Å². The lowest BCUT2D eigenvalue weighted by molar-refractivity contribution is -0.175. The van der Waals surface area contributed by atoms with Crippen molar-refractivity contribution < 1.29 is 41.9 Å². The van der Waals surface area contributed by atoms with E-state index in [-0.39, 0.29) is 31.2 Å². The van der Waals surface area contributed by atoms with E-state index in [1.807, 2.05) is 13.8 Å². The predicted molar refractivity (Wildman–Crippen MR) is 114 cm³/mol. The molecule has 0 saturated carbocycles. The summed E-state index contributed by atoms with van der Waals surface area (Å²) in [5.74, 6) is -3.33. The van der Waals surface area contributed by atoms with Crippen molar-refractivity contribution in [2.75, 3.05) is 12.3 Å². The summed E-state index contributed by atoms with van der Waals surface area (Å²) in [5, 5.41) is 22.0. The number of ether oxygens (including phenoxy) is 1. The van der Waals surface area contributed by atoms with Gasteiger partial charge in [-0.25, -0.2) is 4.79 Å². The number of carbonyl (C=O) groups excluding carboxylic acids is 2. The molecule has 11 heteroatoms. The number of hydrogen-bond donors (Lipinski definition) is 3. The number of hydrogen-bond acceptors (Lipinski definition) is 8. The fourth-order valence-corrected chi connectivity index (χ4v) is 4.14. The molecule has 0 spiro atoms. The van der Waals surface area contributed by atoms with E-state index in [9.17, 15) is 33.0 Å². The third-order valence-corrected chi connectivity index (χ3v) is 5.95. The van der Waals surface area contributed by atoms with Crippen LogP contribution in [0.1, 0.15) is 61.3 Å². The fraction of sp³-hybridized carbons (Fsp3) is 0.850. The molecule has 0 fully saturated rings. The normalized spacial score (nSPS) is 15.4. The van der Waals surface area contributed by atoms with Crippen LogP contribution >= 0.6 is 0 Å². The van der Waals surface area contributed by atoms with E-state index in [1.165, 1.54) is 20.8 Å². The summed E-state index contributed by atoms with van der Waals surface area (Å²) in [5.41, 5.74) is -1.62. The first kappa shape index (κ1) is 29.3. The third kappa shape index (κ3) is 10.4. The van der Waals surface area contributed by atoms with Crippen LogP contribution in [0, 0.1) is 17.3 Å². The predicted octanol–water partition coefficient (Wildman–Crippen LogP) is 1.31. The number of aliphatic hydroxyl groups is 1. The Morgan fingerprint density at radius 2 is 1.65 bits per heavy atom. The van der Waals surface area contributed by atoms with Crippen LogP contribution in [0.15, 0.2) is 0 Å². The van der Waals surface area contributed by atoms with Crippen molar-refractivity contribution in [3.8, 4) is 0 Å². The van der Waals surface area contributed by atoms with Gasteiger partial charge in [-0.3, -0.25) is 13.8 Å². The Morgan fingerprint density at radius 3 is 2.06 bits per heavy atom. The van der Waals surface area contributed by atoms with Crippen LogP contribution in [0.4, 0.5) is 0 Å². The molecule has 0 aliphatic carbocycles. The standard InChI is InChI=1S/C20H37NO9S/c1-12(2)11-15(23)29-16(13(3)4)18(20(6,7)17(24)19(25)26)30-31(27,28)10-8-9-21-14(5)22/h12-13,16-18,24H,8-11H2,1-7H3,(H,21,22)(H,25,26)/t16?,17-,18?/m0/s1. The SMILES string of the molecule is CC(=O)NCCCS(=O)(=O)OC(C(OC(=O)CC(C)C)C(C)C)C(C)(C)[C@@H](O)C(=O)O.